The van der Waals surface area contributed by atoms with Crippen molar-refractivity contribution < 1.29 is 19.4 Å². The molecular formula is C44H72O4. The van der Waals surface area contributed by atoms with Gasteiger partial charge < -0.3 is 14.6 Å². The molecule has 1 N–H and O–H groups in total. The fourth-order valence-electron chi connectivity index (χ4n) is 5.63. The molecule has 0 unspecified atom stereocenters. The van der Waals surface area contributed by atoms with Crippen molar-refractivity contribution in [3.8, 4) is 11.5 Å². The summed E-state index contributed by atoms with van der Waals surface area (Å²) >= 11 is 0. The molecule has 1 aromatic carbocycles. The van der Waals surface area contributed by atoms with Gasteiger partial charge in [-0.1, -0.05) is 140 Å². The van der Waals surface area contributed by atoms with E-state index < -0.39 is 5.97 Å². The van der Waals surface area contributed by atoms with Gasteiger partial charge in [-0.3, -0.25) is 4.79 Å². The van der Waals surface area contributed by atoms with Gasteiger partial charge in [0.2, 0.25) is 0 Å². The van der Waals surface area contributed by atoms with Crippen molar-refractivity contribution in [1.29, 1.82) is 0 Å². The second kappa shape index (κ2) is 34.1. The molecule has 0 bridgehead atoms. The number of allylic oxidation sites excluding steroid dienone is 8. The van der Waals surface area contributed by atoms with Gasteiger partial charge in [-0.05, 0) is 94.7 Å². The predicted molar refractivity (Wildman–Crippen MR) is 207 cm³/mol. The molecule has 4 heteroatoms. The third-order valence-electron chi connectivity index (χ3n) is 8.52. The van der Waals surface area contributed by atoms with E-state index in [1.54, 1.807) is 0 Å². The third kappa shape index (κ3) is 29.4. The average Bonchev–Trinajstić information content (AvgIpc) is 3.07. The molecule has 272 valence electrons. The maximum Gasteiger partial charge on any atom is 0.307 e. The van der Waals surface area contributed by atoms with Crippen LogP contribution in [0.15, 0.2) is 66.8 Å². The number of hydrogen-bond acceptors (Lipinski definition) is 3. The summed E-state index contributed by atoms with van der Waals surface area (Å²) in [5, 5.41) is 9.32. The van der Waals surface area contributed by atoms with Gasteiger partial charge in [0.25, 0.3) is 0 Å². The number of aliphatic carboxylic acids is 1. The molecule has 48 heavy (non-hydrogen) atoms. The highest BCUT2D eigenvalue weighted by molar-refractivity contribution is 5.70. The minimum absolute atomic E-state index is 0.0244. The van der Waals surface area contributed by atoms with Gasteiger partial charge in [-0.2, -0.15) is 0 Å². The standard InChI is InChI=1S/C44H72O4/c1-3-5-7-9-11-13-15-17-19-21-23-25-27-29-31-33-35-47-42-37-41(39-44(45)46)38-43(40-42)48-36-34-32-30-28-26-24-22-20-18-16-14-12-10-8-6-4-2/h11-14,17-20,37-38,40H,3-10,15-16,21-36,39H2,1-2H3,(H,45,46)/b13-11-,14-12-,19-17-,20-18-. The lowest BCUT2D eigenvalue weighted by molar-refractivity contribution is -0.136. The number of carboxylic acid groups (broad SMARTS) is 1. The van der Waals surface area contributed by atoms with Crippen LogP contribution in [0, 0.1) is 0 Å². The Labute approximate surface area is 296 Å². The Morgan fingerprint density at radius 2 is 0.854 bits per heavy atom. The summed E-state index contributed by atoms with van der Waals surface area (Å²) in [6, 6.07) is 5.60. The molecule has 0 radical (unpaired) electrons. The first kappa shape index (κ1) is 43.3. The maximum absolute atomic E-state index is 11.3. The van der Waals surface area contributed by atoms with Gasteiger partial charge in [0.1, 0.15) is 11.5 Å². The van der Waals surface area contributed by atoms with Crippen LogP contribution >= 0.6 is 0 Å². The second-order valence-corrected chi connectivity index (χ2v) is 13.2. The van der Waals surface area contributed by atoms with Crippen molar-refractivity contribution in [3.05, 3.63) is 72.4 Å². The first-order valence-electron chi connectivity index (χ1n) is 19.9. The highest BCUT2D eigenvalue weighted by Crippen LogP contribution is 2.24. The van der Waals surface area contributed by atoms with E-state index in [9.17, 15) is 9.90 Å². The van der Waals surface area contributed by atoms with Crippen molar-refractivity contribution in [3.63, 3.8) is 0 Å². The van der Waals surface area contributed by atoms with Crippen LogP contribution in [0.4, 0.5) is 0 Å². The van der Waals surface area contributed by atoms with Gasteiger partial charge in [-0.25, -0.2) is 0 Å². The van der Waals surface area contributed by atoms with E-state index in [1.807, 2.05) is 18.2 Å². The summed E-state index contributed by atoms with van der Waals surface area (Å²) in [7, 11) is 0. The minimum atomic E-state index is -0.839. The monoisotopic (exact) mass is 665 g/mol. The molecule has 0 aliphatic carbocycles. The van der Waals surface area contributed by atoms with Crippen molar-refractivity contribution in [2.24, 2.45) is 0 Å². The molecule has 0 spiro atoms. The first-order chi connectivity index (χ1) is 23.7. The fraction of sp³-hybridized carbons (Fsp3) is 0.659. The number of carboxylic acids is 1. The average molecular weight is 665 g/mol. The largest absolute Gasteiger partial charge is 0.493 e. The lowest BCUT2D eigenvalue weighted by atomic mass is 10.1. The number of hydrogen-bond donors (Lipinski definition) is 1. The third-order valence-corrected chi connectivity index (χ3v) is 8.52. The fourth-order valence-corrected chi connectivity index (χ4v) is 5.63. The van der Waals surface area contributed by atoms with Gasteiger partial charge in [0, 0.05) is 6.07 Å². The number of rotatable bonds is 34. The summed E-state index contributed by atoms with van der Waals surface area (Å²) in [5.74, 6) is 0.583. The molecule has 0 amide bonds. The number of unbranched alkanes of at least 4 members (excludes halogenated alkanes) is 18. The Morgan fingerprint density at radius 1 is 0.500 bits per heavy atom. The lowest BCUT2D eigenvalue weighted by Gasteiger charge is -2.12. The van der Waals surface area contributed by atoms with E-state index in [-0.39, 0.29) is 6.42 Å². The predicted octanol–water partition coefficient (Wildman–Crippen LogP) is 13.7. The Hall–Kier alpha value is -2.75. The van der Waals surface area contributed by atoms with Gasteiger partial charge in [-0.15, -0.1) is 0 Å². The summed E-state index contributed by atoms with van der Waals surface area (Å²) in [4.78, 5) is 11.3. The van der Waals surface area contributed by atoms with Crippen LogP contribution < -0.4 is 9.47 Å². The molecule has 0 saturated carbocycles. The smallest absolute Gasteiger partial charge is 0.307 e. The van der Waals surface area contributed by atoms with Crippen LogP contribution in [-0.2, 0) is 11.2 Å². The van der Waals surface area contributed by atoms with Crippen molar-refractivity contribution >= 4 is 5.97 Å². The topological polar surface area (TPSA) is 55.8 Å². The van der Waals surface area contributed by atoms with Gasteiger partial charge in [0.15, 0.2) is 0 Å². The van der Waals surface area contributed by atoms with Crippen LogP contribution in [0.1, 0.15) is 174 Å². The van der Waals surface area contributed by atoms with E-state index in [4.69, 9.17) is 9.47 Å². The normalized spacial score (nSPS) is 12.0. The number of carbonyl (C=O) groups is 1. The SMILES string of the molecule is CCCCC/C=C\C/C=C\CCCCCCCCOc1cc(CC(=O)O)cc(OCCCCCCCC/C=C\C/C=C\CCCCC)c1. The molecule has 0 saturated heterocycles. The summed E-state index contributed by atoms with van der Waals surface area (Å²) < 4.78 is 12.1. The lowest BCUT2D eigenvalue weighted by Crippen LogP contribution is -2.04. The Morgan fingerprint density at radius 3 is 1.23 bits per heavy atom. The zero-order chi connectivity index (χ0) is 34.6. The first-order valence-corrected chi connectivity index (χ1v) is 19.9. The number of ether oxygens (including phenoxy) is 2. The Balaban J connectivity index is 2.13. The van der Waals surface area contributed by atoms with Crippen LogP contribution in [-0.4, -0.2) is 24.3 Å². The summed E-state index contributed by atoms with van der Waals surface area (Å²) in [5.41, 5.74) is 0.726. The highest BCUT2D eigenvalue weighted by Gasteiger charge is 2.07. The molecule has 0 aromatic heterocycles. The van der Waals surface area contributed by atoms with Crippen LogP contribution in [0.3, 0.4) is 0 Å². The highest BCUT2D eigenvalue weighted by atomic mass is 16.5. The van der Waals surface area contributed by atoms with Crippen LogP contribution in [0.2, 0.25) is 0 Å². The zero-order valence-corrected chi connectivity index (χ0v) is 31.1. The van der Waals surface area contributed by atoms with Crippen molar-refractivity contribution in [2.45, 2.75) is 174 Å². The Bertz CT molecular complexity index is 921. The van der Waals surface area contributed by atoms with E-state index >= 15 is 0 Å². The van der Waals surface area contributed by atoms with Crippen molar-refractivity contribution in [2.75, 3.05) is 13.2 Å². The van der Waals surface area contributed by atoms with Crippen molar-refractivity contribution in [1.82, 2.24) is 0 Å². The molecule has 0 atom stereocenters. The van der Waals surface area contributed by atoms with E-state index in [1.165, 1.54) is 116 Å². The second-order valence-electron chi connectivity index (χ2n) is 13.2. The summed E-state index contributed by atoms with van der Waals surface area (Å²) in [6.07, 6.45) is 47.7. The van der Waals surface area contributed by atoms with Gasteiger partial charge >= 0.3 is 5.97 Å². The number of benzene rings is 1. The minimum Gasteiger partial charge on any atom is -0.493 e. The van der Waals surface area contributed by atoms with E-state index in [0.29, 0.717) is 24.7 Å². The molecule has 4 nitrogen and oxygen atoms in total. The molecule has 0 fully saturated rings. The quantitative estimate of drug-likeness (QED) is 0.0588. The molecule has 1 aromatic rings. The molecule has 0 aliphatic heterocycles. The molecule has 1 rings (SSSR count). The van der Waals surface area contributed by atoms with E-state index in [0.717, 1.165) is 44.1 Å². The molecule has 0 aliphatic rings. The van der Waals surface area contributed by atoms with Gasteiger partial charge in [0.05, 0.1) is 19.6 Å². The van der Waals surface area contributed by atoms with Crippen LogP contribution in [0.25, 0.3) is 0 Å². The van der Waals surface area contributed by atoms with Crippen LogP contribution in [0.5, 0.6) is 11.5 Å². The summed E-state index contributed by atoms with van der Waals surface area (Å²) in [6.45, 7) is 5.80. The molecule has 0 heterocycles. The zero-order valence-electron chi connectivity index (χ0n) is 31.1. The van der Waals surface area contributed by atoms with E-state index in [2.05, 4.69) is 62.5 Å². The Kier molecular flexibility index (Phi) is 30.8. The molecular weight excluding hydrogens is 592 g/mol. The maximum atomic E-state index is 11.3.